The summed E-state index contributed by atoms with van der Waals surface area (Å²) in [5.41, 5.74) is 1.99. The van der Waals surface area contributed by atoms with Crippen LogP contribution in [0.25, 0.3) is 11.0 Å². The van der Waals surface area contributed by atoms with Gasteiger partial charge in [0.1, 0.15) is 23.0 Å². The molecule has 6 heteroatoms. The summed E-state index contributed by atoms with van der Waals surface area (Å²) in [5, 5.41) is 0. The molecule has 27 heavy (non-hydrogen) atoms. The van der Waals surface area contributed by atoms with Crippen LogP contribution in [-0.4, -0.2) is 41.0 Å². The summed E-state index contributed by atoms with van der Waals surface area (Å²) in [6, 6.07) is 12.4. The van der Waals surface area contributed by atoms with Crippen molar-refractivity contribution in [1.29, 1.82) is 0 Å². The third-order valence-electron chi connectivity index (χ3n) is 5.14. The van der Waals surface area contributed by atoms with Gasteiger partial charge in [0.2, 0.25) is 0 Å². The van der Waals surface area contributed by atoms with Crippen LogP contribution in [0.2, 0.25) is 0 Å². The van der Waals surface area contributed by atoms with Gasteiger partial charge in [-0.3, -0.25) is 4.79 Å². The first-order chi connectivity index (χ1) is 13.2. The monoisotopic (exact) mass is 367 g/mol. The minimum absolute atomic E-state index is 0.0180. The number of halogens is 1. The highest BCUT2D eigenvalue weighted by Crippen LogP contribution is 2.27. The lowest BCUT2D eigenvalue weighted by Gasteiger charge is -2.33. The number of hydrogen-bond donors (Lipinski definition) is 1. The number of benzene rings is 2. The van der Waals surface area contributed by atoms with Gasteiger partial charge in [0, 0.05) is 19.5 Å². The van der Waals surface area contributed by atoms with Gasteiger partial charge >= 0.3 is 0 Å². The van der Waals surface area contributed by atoms with E-state index < -0.39 is 5.82 Å². The molecule has 4 rings (SSSR count). The topological polar surface area (TPSA) is 58.2 Å². The number of H-pyrrole nitrogens is 1. The molecule has 1 amide bonds. The number of amides is 1. The van der Waals surface area contributed by atoms with E-state index in [2.05, 4.69) is 9.97 Å². The van der Waals surface area contributed by atoms with Crippen molar-refractivity contribution in [2.75, 3.05) is 20.2 Å². The molecule has 1 aliphatic heterocycles. The van der Waals surface area contributed by atoms with Crippen LogP contribution in [0.15, 0.2) is 42.5 Å². The molecule has 3 aromatic rings. The number of carbonyl (C=O) groups is 1. The van der Waals surface area contributed by atoms with Gasteiger partial charge in [0.15, 0.2) is 0 Å². The number of methoxy groups -OCH3 is 1. The summed E-state index contributed by atoms with van der Waals surface area (Å²) >= 11 is 0. The van der Waals surface area contributed by atoms with E-state index in [0.29, 0.717) is 19.0 Å². The SMILES string of the molecule is COc1cccc(F)c1C(=O)N1CCC[C@@H](Cc2nc3ccccc3[nH]2)C1. The van der Waals surface area contributed by atoms with Gasteiger partial charge in [-0.1, -0.05) is 18.2 Å². The van der Waals surface area contributed by atoms with E-state index in [1.165, 1.54) is 13.2 Å². The lowest BCUT2D eigenvalue weighted by atomic mass is 9.94. The van der Waals surface area contributed by atoms with Gasteiger partial charge in [0.25, 0.3) is 5.91 Å². The molecule has 0 saturated carbocycles. The van der Waals surface area contributed by atoms with Crippen LogP contribution in [0.3, 0.4) is 0 Å². The van der Waals surface area contributed by atoms with Gasteiger partial charge in [-0.25, -0.2) is 9.37 Å². The molecular weight excluding hydrogens is 345 g/mol. The highest BCUT2D eigenvalue weighted by Gasteiger charge is 2.28. The van der Waals surface area contributed by atoms with E-state index in [1.54, 1.807) is 17.0 Å². The Bertz CT molecular complexity index is 936. The third-order valence-corrected chi connectivity index (χ3v) is 5.14. The number of carbonyl (C=O) groups excluding carboxylic acids is 1. The zero-order valence-electron chi connectivity index (χ0n) is 15.2. The fourth-order valence-corrected chi connectivity index (χ4v) is 3.83. The van der Waals surface area contributed by atoms with E-state index in [1.807, 2.05) is 24.3 Å². The maximum atomic E-state index is 14.3. The minimum Gasteiger partial charge on any atom is -0.496 e. The number of aromatic amines is 1. The van der Waals surface area contributed by atoms with Crippen molar-refractivity contribution in [3.05, 3.63) is 59.7 Å². The van der Waals surface area contributed by atoms with Crippen molar-refractivity contribution in [2.24, 2.45) is 5.92 Å². The Morgan fingerprint density at radius 1 is 1.30 bits per heavy atom. The molecular formula is C21H22FN3O2. The van der Waals surface area contributed by atoms with E-state index in [4.69, 9.17) is 4.74 Å². The van der Waals surface area contributed by atoms with E-state index in [0.717, 1.165) is 36.1 Å². The number of ether oxygens (including phenoxy) is 1. The van der Waals surface area contributed by atoms with Gasteiger partial charge < -0.3 is 14.6 Å². The molecule has 140 valence electrons. The lowest BCUT2D eigenvalue weighted by Crippen LogP contribution is -2.41. The highest BCUT2D eigenvalue weighted by atomic mass is 19.1. The molecule has 1 fully saturated rings. The number of para-hydroxylation sites is 2. The number of fused-ring (bicyclic) bond motifs is 1. The second kappa shape index (κ2) is 7.39. The number of nitrogens with zero attached hydrogens (tertiary/aromatic N) is 2. The van der Waals surface area contributed by atoms with Crippen molar-refractivity contribution < 1.29 is 13.9 Å². The maximum absolute atomic E-state index is 14.3. The van der Waals surface area contributed by atoms with Gasteiger partial charge in [0.05, 0.1) is 18.1 Å². The van der Waals surface area contributed by atoms with Gasteiger partial charge in [-0.15, -0.1) is 0 Å². The molecule has 0 spiro atoms. The highest BCUT2D eigenvalue weighted by molar-refractivity contribution is 5.97. The van der Waals surface area contributed by atoms with Crippen molar-refractivity contribution in [2.45, 2.75) is 19.3 Å². The summed E-state index contributed by atoms with van der Waals surface area (Å²) in [6.07, 6.45) is 2.69. The fraction of sp³-hybridized carbons (Fsp3) is 0.333. The molecule has 1 aliphatic rings. The average molecular weight is 367 g/mol. The normalized spacial score (nSPS) is 17.3. The average Bonchev–Trinajstić information content (AvgIpc) is 3.09. The van der Waals surface area contributed by atoms with Crippen LogP contribution in [-0.2, 0) is 6.42 Å². The first-order valence-corrected chi connectivity index (χ1v) is 9.21. The van der Waals surface area contributed by atoms with Crippen molar-refractivity contribution in [3.8, 4) is 5.75 Å². The standard InChI is InChI=1S/C21H22FN3O2/c1-27-18-10-4-7-15(22)20(18)21(26)25-11-5-6-14(13-25)12-19-23-16-8-2-3-9-17(16)24-19/h2-4,7-10,14H,5-6,11-13H2,1H3,(H,23,24)/t14-/m0/s1. The smallest absolute Gasteiger partial charge is 0.260 e. The predicted molar refractivity (Wildman–Crippen MR) is 101 cm³/mol. The van der Waals surface area contributed by atoms with Crippen molar-refractivity contribution in [3.63, 3.8) is 0 Å². The van der Waals surface area contributed by atoms with Crippen molar-refractivity contribution in [1.82, 2.24) is 14.9 Å². The number of aromatic nitrogens is 2. The molecule has 1 N–H and O–H groups in total. The van der Waals surface area contributed by atoms with Gasteiger partial charge in [-0.05, 0) is 43.0 Å². The fourth-order valence-electron chi connectivity index (χ4n) is 3.83. The van der Waals surface area contributed by atoms with Gasteiger partial charge in [-0.2, -0.15) is 0 Å². The third kappa shape index (κ3) is 3.52. The Balaban J connectivity index is 1.50. The second-order valence-electron chi connectivity index (χ2n) is 6.98. The summed E-state index contributed by atoms with van der Waals surface area (Å²) in [6.45, 7) is 1.22. The van der Waals surface area contributed by atoms with Crippen LogP contribution < -0.4 is 4.74 Å². The number of hydrogen-bond acceptors (Lipinski definition) is 3. The van der Waals surface area contributed by atoms with Crippen LogP contribution in [0.4, 0.5) is 4.39 Å². The lowest BCUT2D eigenvalue weighted by molar-refractivity contribution is 0.0664. The zero-order chi connectivity index (χ0) is 18.8. The van der Waals surface area contributed by atoms with Crippen LogP contribution in [0.1, 0.15) is 29.0 Å². The number of nitrogens with one attached hydrogen (secondary N) is 1. The van der Waals surface area contributed by atoms with E-state index in [-0.39, 0.29) is 17.2 Å². The van der Waals surface area contributed by atoms with Crippen LogP contribution in [0.5, 0.6) is 5.75 Å². The molecule has 0 radical (unpaired) electrons. The molecule has 1 saturated heterocycles. The predicted octanol–water partition coefficient (Wildman–Crippen LogP) is 3.81. The Morgan fingerprint density at radius 3 is 2.96 bits per heavy atom. The van der Waals surface area contributed by atoms with E-state index >= 15 is 0 Å². The number of rotatable bonds is 4. The zero-order valence-corrected chi connectivity index (χ0v) is 15.2. The number of likely N-dealkylation sites (tertiary alicyclic amines) is 1. The maximum Gasteiger partial charge on any atom is 0.260 e. The van der Waals surface area contributed by atoms with Crippen LogP contribution in [0, 0.1) is 11.7 Å². The number of imidazole rings is 1. The molecule has 1 atom stereocenters. The van der Waals surface area contributed by atoms with Crippen molar-refractivity contribution >= 4 is 16.9 Å². The molecule has 5 nitrogen and oxygen atoms in total. The first kappa shape index (κ1) is 17.5. The Morgan fingerprint density at radius 2 is 2.15 bits per heavy atom. The molecule has 2 heterocycles. The summed E-state index contributed by atoms with van der Waals surface area (Å²) in [7, 11) is 1.45. The summed E-state index contributed by atoms with van der Waals surface area (Å²) in [5.74, 6) is 0.650. The summed E-state index contributed by atoms with van der Waals surface area (Å²) < 4.78 is 19.5. The van der Waals surface area contributed by atoms with E-state index in [9.17, 15) is 9.18 Å². The first-order valence-electron chi connectivity index (χ1n) is 9.21. The largest absolute Gasteiger partial charge is 0.496 e. The molecule has 1 aromatic heterocycles. The molecule has 0 unspecified atom stereocenters. The Kier molecular flexibility index (Phi) is 4.79. The molecule has 0 bridgehead atoms. The second-order valence-corrected chi connectivity index (χ2v) is 6.98. The Hall–Kier alpha value is -2.89. The Labute approximate surface area is 157 Å². The van der Waals surface area contributed by atoms with Crippen LogP contribution >= 0.6 is 0 Å². The quantitative estimate of drug-likeness (QED) is 0.763. The minimum atomic E-state index is -0.543. The number of piperidine rings is 1. The molecule has 2 aromatic carbocycles. The summed E-state index contributed by atoms with van der Waals surface area (Å²) in [4.78, 5) is 22.6. The molecule has 0 aliphatic carbocycles.